The number of sulfonamides is 1. The lowest BCUT2D eigenvalue weighted by molar-refractivity contribution is 0.101. The first-order valence-electron chi connectivity index (χ1n) is 6.58. The van der Waals surface area contributed by atoms with Crippen LogP contribution in [0.2, 0.25) is 0 Å². The SMILES string of the molecule is CC(=O)c1ccc(C(C)NS(=O)(=O)c2ccccc2)cc1. The van der Waals surface area contributed by atoms with Gasteiger partial charge in [-0.3, -0.25) is 4.79 Å². The molecule has 2 aromatic carbocycles. The summed E-state index contributed by atoms with van der Waals surface area (Å²) < 4.78 is 27.1. The Bertz CT molecular complexity index is 722. The fourth-order valence-electron chi connectivity index (χ4n) is 1.97. The highest BCUT2D eigenvalue weighted by Gasteiger charge is 2.17. The fraction of sp³-hybridized carbons (Fsp3) is 0.188. The second kappa shape index (κ2) is 6.20. The maximum atomic E-state index is 12.2. The lowest BCUT2D eigenvalue weighted by atomic mass is 10.1. The van der Waals surface area contributed by atoms with E-state index >= 15 is 0 Å². The summed E-state index contributed by atoms with van der Waals surface area (Å²) in [6.07, 6.45) is 0. The Morgan fingerprint density at radius 1 is 1.00 bits per heavy atom. The Kier molecular flexibility index (Phi) is 4.55. The van der Waals surface area contributed by atoms with E-state index in [1.807, 2.05) is 0 Å². The predicted octanol–water partition coefficient (Wildman–Crippen LogP) is 2.93. The van der Waals surface area contributed by atoms with Gasteiger partial charge in [0.15, 0.2) is 5.78 Å². The number of Topliss-reactive ketones (excluding diaryl/α,β-unsaturated/α-hetero) is 1. The van der Waals surface area contributed by atoms with E-state index in [0.29, 0.717) is 5.56 Å². The molecule has 0 heterocycles. The van der Waals surface area contributed by atoms with Crippen LogP contribution in [0.25, 0.3) is 0 Å². The predicted molar refractivity (Wildman–Crippen MR) is 81.6 cm³/mol. The van der Waals surface area contributed by atoms with E-state index in [4.69, 9.17) is 0 Å². The van der Waals surface area contributed by atoms with Crippen LogP contribution >= 0.6 is 0 Å². The highest BCUT2D eigenvalue weighted by molar-refractivity contribution is 7.89. The van der Waals surface area contributed by atoms with E-state index in [1.165, 1.54) is 6.92 Å². The van der Waals surface area contributed by atoms with Gasteiger partial charge in [-0.05, 0) is 31.5 Å². The van der Waals surface area contributed by atoms with Crippen molar-refractivity contribution in [3.8, 4) is 0 Å². The Morgan fingerprint density at radius 2 is 1.57 bits per heavy atom. The van der Waals surface area contributed by atoms with Gasteiger partial charge in [-0.15, -0.1) is 0 Å². The van der Waals surface area contributed by atoms with Gasteiger partial charge < -0.3 is 0 Å². The van der Waals surface area contributed by atoms with Crippen molar-refractivity contribution in [3.63, 3.8) is 0 Å². The summed E-state index contributed by atoms with van der Waals surface area (Å²) in [7, 11) is -3.55. The smallest absolute Gasteiger partial charge is 0.241 e. The molecule has 110 valence electrons. The van der Waals surface area contributed by atoms with Crippen molar-refractivity contribution in [1.82, 2.24) is 4.72 Å². The van der Waals surface area contributed by atoms with Crippen molar-refractivity contribution in [2.75, 3.05) is 0 Å². The molecule has 0 aliphatic heterocycles. The number of nitrogens with one attached hydrogen (secondary N) is 1. The fourth-order valence-corrected chi connectivity index (χ4v) is 3.23. The molecule has 4 nitrogen and oxygen atoms in total. The van der Waals surface area contributed by atoms with Crippen molar-refractivity contribution in [3.05, 3.63) is 65.7 Å². The van der Waals surface area contributed by atoms with Crippen LogP contribution in [-0.4, -0.2) is 14.2 Å². The molecule has 0 saturated heterocycles. The molecule has 2 aromatic rings. The van der Waals surface area contributed by atoms with Crippen LogP contribution in [0.3, 0.4) is 0 Å². The lowest BCUT2D eigenvalue weighted by Crippen LogP contribution is -2.26. The van der Waals surface area contributed by atoms with Crippen LogP contribution in [0.15, 0.2) is 59.5 Å². The Morgan fingerprint density at radius 3 is 2.10 bits per heavy atom. The lowest BCUT2D eigenvalue weighted by Gasteiger charge is -2.15. The van der Waals surface area contributed by atoms with E-state index in [-0.39, 0.29) is 16.7 Å². The van der Waals surface area contributed by atoms with Crippen molar-refractivity contribution >= 4 is 15.8 Å². The molecule has 0 aliphatic rings. The first-order chi connectivity index (χ1) is 9.90. The second-order valence-electron chi connectivity index (χ2n) is 4.83. The Balaban J connectivity index is 2.18. The molecule has 0 radical (unpaired) electrons. The Hall–Kier alpha value is -1.98. The molecule has 0 fully saturated rings. The van der Waals surface area contributed by atoms with Crippen molar-refractivity contribution in [2.24, 2.45) is 0 Å². The minimum absolute atomic E-state index is 0.0148. The first kappa shape index (κ1) is 15.4. The molecule has 1 unspecified atom stereocenters. The summed E-state index contributed by atoms with van der Waals surface area (Å²) in [5, 5.41) is 0. The van der Waals surface area contributed by atoms with Crippen LogP contribution in [0.1, 0.15) is 35.8 Å². The first-order valence-corrected chi connectivity index (χ1v) is 8.07. The molecule has 5 heteroatoms. The standard InChI is InChI=1S/C16H17NO3S/c1-12(14-8-10-15(11-9-14)13(2)18)17-21(19,20)16-6-4-3-5-7-16/h3-12,17H,1-2H3. The molecule has 0 spiro atoms. The molecular formula is C16H17NO3S. The molecule has 1 N–H and O–H groups in total. The third kappa shape index (κ3) is 3.77. The normalized spacial score (nSPS) is 12.9. The topological polar surface area (TPSA) is 63.2 Å². The summed E-state index contributed by atoms with van der Waals surface area (Å²) in [4.78, 5) is 11.5. The van der Waals surface area contributed by atoms with E-state index in [0.717, 1.165) is 5.56 Å². The quantitative estimate of drug-likeness (QED) is 0.864. The van der Waals surface area contributed by atoms with Gasteiger partial charge in [-0.2, -0.15) is 0 Å². The number of hydrogen-bond acceptors (Lipinski definition) is 3. The van der Waals surface area contributed by atoms with Gasteiger partial charge in [0, 0.05) is 11.6 Å². The molecule has 0 amide bonds. The van der Waals surface area contributed by atoms with Gasteiger partial charge in [-0.1, -0.05) is 42.5 Å². The third-order valence-electron chi connectivity index (χ3n) is 3.20. The van der Waals surface area contributed by atoms with Gasteiger partial charge >= 0.3 is 0 Å². The van der Waals surface area contributed by atoms with Crippen LogP contribution in [0.4, 0.5) is 0 Å². The maximum absolute atomic E-state index is 12.2. The summed E-state index contributed by atoms with van der Waals surface area (Å²) in [5.74, 6) is -0.0148. The summed E-state index contributed by atoms with van der Waals surface area (Å²) in [5.41, 5.74) is 1.41. The second-order valence-corrected chi connectivity index (χ2v) is 6.55. The molecule has 0 aliphatic carbocycles. The van der Waals surface area contributed by atoms with Gasteiger partial charge in [0.05, 0.1) is 4.90 Å². The molecule has 0 saturated carbocycles. The van der Waals surface area contributed by atoms with Crippen molar-refractivity contribution in [1.29, 1.82) is 0 Å². The van der Waals surface area contributed by atoms with Crippen LogP contribution in [-0.2, 0) is 10.0 Å². The van der Waals surface area contributed by atoms with Crippen molar-refractivity contribution < 1.29 is 13.2 Å². The van der Waals surface area contributed by atoms with E-state index in [1.54, 1.807) is 61.5 Å². The summed E-state index contributed by atoms with van der Waals surface area (Å²) >= 11 is 0. The number of hydrogen-bond donors (Lipinski definition) is 1. The van der Waals surface area contributed by atoms with E-state index in [2.05, 4.69) is 4.72 Å². The highest BCUT2D eigenvalue weighted by Crippen LogP contribution is 2.17. The zero-order valence-electron chi connectivity index (χ0n) is 11.9. The Labute approximate surface area is 124 Å². The minimum Gasteiger partial charge on any atom is -0.295 e. The van der Waals surface area contributed by atoms with Gasteiger partial charge in [-0.25, -0.2) is 13.1 Å². The number of carbonyl (C=O) groups excluding carboxylic acids is 1. The highest BCUT2D eigenvalue weighted by atomic mass is 32.2. The molecular weight excluding hydrogens is 286 g/mol. The zero-order chi connectivity index (χ0) is 15.5. The average Bonchev–Trinajstić information content (AvgIpc) is 2.48. The van der Waals surface area contributed by atoms with Gasteiger partial charge in [0.1, 0.15) is 0 Å². The minimum atomic E-state index is -3.55. The molecule has 2 rings (SSSR count). The van der Waals surface area contributed by atoms with Crippen LogP contribution in [0.5, 0.6) is 0 Å². The van der Waals surface area contributed by atoms with Gasteiger partial charge in [0.2, 0.25) is 10.0 Å². The summed E-state index contributed by atoms with van der Waals surface area (Å²) in [6.45, 7) is 3.26. The third-order valence-corrected chi connectivity index (χ3v) is 4.76. The van der Waals surface area contributed by atoms with E-state index in [9.17, 15) is 13.2 Å². The molecule has 0 aromatic heterocycles. The van der Waals surface area contributed by atoms with Gasteiger partial charge in [0.25, 0.3) is 0 Å². The molecule has 0 bridgehead atoms. The number of carbonyl (C=O) groups is 1. The van der Waals surface area contributed by atoms with Crippen LogP contribution < -0.4 is 4.72 Å². The van der Waals surface area contributed by atoms with Crippen molar-refractivity contribution in [2.45, 2.75) is 24.8 Å². The van der Waals surface area contributed by atoms with E-state index < -0.39 is 10.0 Å². The maximum Gasteiger partial charge on any atom is 0.241 e. The average molecular weight is 303 g/mol. The number of ketones is 1. The number of rotatable bonds is 5. The summed E-state index contributed by atoms with van der Waals surface area (Å²) in [6, 6.07) is 14.8. The molecule has 1 atom stereocenters. The molecule has 21 heavy (non-hydrogen) atoms. The van der Waals surface area contributed by atoms with Crippen LogP contribution in [0, 0.1) is 0 Å². The largest absolute Gasteiger partial charge is 0.295 e. The monoisotopic (exact) mass is 303 g/mol. The zero-order valence-corrected chi connectivity index (χ0v) is 12.7. The number of benzene rings is 2.